The second-order valence-corrected chi connectivity index (χ2v) is 9.06. The molecule has 1 aliphatic rings. The van der Waals surface area contributed by atoms with Gasteiger partial charge in [-0.1, -0.05) is 6.07 Å². The quantitative estimate of drug-likeness (QED) is 0.379. The molecule has 1 aliphatic carbocycles. The Balaban J connectivity index is 1.49. The predicted molar refractivity (Wildman–Crippen MR) is 124 cm³/mol. The first-order chi connectivity index (χ1) is 16.1. The first-order valence-corrected chi connectivity index (χ1v) is 11.6. The molecule has 2 aromatic carbocycles. The van der Waals surface area contributed by atoms with Crippen molar-refractivity contribution in [2.75, 3.05) is 0 Å². The number of nitrogens with zero attached hydrogens (tertiary/aromatic N) is 4. The second-order valence-electron chi connectivity index (χ2n) is 8.17. The number of imidazole rings is 1. The van der Waals surface area contributed by atoms with Gasteiger partial charge in [-0.15, -0.1) is 0 Å². The Morgan fingerprint density at radius 2 is 1.82 bits per heavy atom. The van der Waals surface area contributed by atoms with Crippen molar-refractivity contribution < 1.29 is 14.2 Å². The van der Waals surface area contributed by atoms with Gasteiger partial charge in [0.05, 0.1) is 0 Å². The zero-order valence-electron chi connectivity index (χ0n) is 17.4. The first kappa shape index (κ1) is 20.3. The number of aromatic nitrogens is 4. The van der Waals surface area contributed by atoms with Crippen LogP contribution in [-0.4, -0.2) is 47.4 Å². The van der Waals surface area contributed by atoms with Crippen molar-refractivity contribution in [2.24, 2.45) is 0 Å². The minimum atomic E-state index is -0.457. The number of ether oxygens (including phenoxy) is 1. The van der Waals surface area contributed by atoms with Crippen LogP contribution in [0.15, 0.2) is 67.0 Å². The third-order valence-corrected chi connectivity index (χ3v) is 6.72. The Morgan fingerprint density at radius 1 is 1.03 bits per heavy atom. The van der Waals surface area contributed by atoms with Crippen LogP contribution in [0.4, 0.5) is 4.39 Å². The van der Waals surface area contributed by atoms with Crippen LogP contribution in [0.25, 0.3) is 27.7 Å². The van der Waals surface area contributed by atoms with Gasteiger partial charge < -0.3 is 0 Å². The summed E-state index contributed by atoms with van der Waals surface area (Å²) >= 11 is 2.43. The number of hydrogen-bond acceptors (Lipinski definition) is 5. The second kappa shape index (κ2) is 7.94. The van der Waals surface area contributed by atoms with Crippen LogP contribution in [0.1, 0.15) is 24.6 Å². The van der Waals surface area contributed by atoms with Crippen molar-refractivity contribution >= 4 is 37.8 Å². The molecule has 1 saturated carbocycles. The van der Waals surface area contributed by atoms with E-state index in [9.17, 15) is 5.11 Å². The molecule has 3 heterocycles. The van der Waals surface area contributed by atoms with Crippen molar-refractivity contribution in [3.8, 4) is 22.9 Å². The van der Waals surface area contributed by atoms with E-state index in [1.807, 2.05) is 47.0 Å². The number of halogens is 1. The van der Waals surface area contributed by atoms with E-state index in [0.29, 0.717) is 45.6 Å². The Hall–Kier alpha value is -3.28. The molecule has 0 atom stereocenters. The van der Waals surface area contributed by atoms with E-state index in [-0.39, 0.29) is 17.5 Å². The van der Waals surface area contributed by atoms with E-state index in [1.54, 1.807) is 24.4 Å². The summed E-state index contributed by atoms with van der Waals surface area (Å²) < 4.78 is 24.3. The van der Waals surface area contributed by atoms with Gasteiger partial charge in [0.15, 0.2) is 0 Å². The van der Waals surface area contributed by atoms with Crippen molar-refractivity contribution in [3.63, 3.8) is 0 Å². The first-order valence-electron chi connectivity index (χ1n) is 10.6. The summed E-state index contributed by atoms with van der Waals surface area (Å²) in [5, 5.41) is 10.5. The topological polar surface area (TPSA) is 72.5 Å². The number of para-hydroxylation sites is 1. The van der Waals surface area contributed by atoms with Gasteiger partial charge >= 0.3 is 192 Å². The van der Waals surface area contributed by atoms with Gasteiger partial charge in [0.2, 0.25) is 0 Å². The van der Waals surface area contributed by atoms with Gasteiger partial charge in [-0.05, 0) is 0 Å². The van der Waals surface area contributed by atoms with Crippen LogP contribution in [0.2, 0.25) is 0 Å². The van der Waals surface area contributed by atoms with Crippen molar-refractivity contribution in [2.45, 2.75) is 24.9 Å². The Morgan fingerprint density at radius 3 is 2.61 bits per heavy atom. The molecular weight excluding hydrogens is 482 g/mol. The molecule has 0 unspecified atom stereocenters. The zero-order valence-corrected chi connectivity index (χ0v) is 19.3. The van der Waals surface area contributed by atoms with E-state index in [0.717, 1.165) is 11.3 Å². The molecule has 1 N–H and O–H groups in total. The number of pyridine rings is 1. The third kappa shape index (κ3) is 3.48. The Bertz CT molecular complexity index is 1500. The van der Waals surface area contributed by atoms with Crippen molar-refractivity contribution in [1.29, 1.82) is 0 Å². The molecule has 3 aromatic heterocycles. The van der Waals surface area contributed by atoms with E-state index in [1.165, 1.54) is 0 Å². The third-order valence-electron chi connectivity index (χ3n) is 6.04. The summed E-state index contributed by atoms with van der Waals surface area (Å²) in [5.41, 5.74) is 1.84. The van der Waals surface area contributed by atoms with Crippen LogP contribution in [0.5, 0.6) is 11.6 Å². The Kier molecular flexibility index (Phi) is 4.89. The van der Waals surface area contributed by atoms with E-state index in [4.69, 9.17) is 9.72 Å². The monoisotopic (exact) mass is 500 g/mol. The normalized spacial score (nSPS) is 17.9. The van der Waals surface area contributed by atoms with E-state index >= 15 is 4.39 Å². The van der Waals surface area contributed by atoms with Crippen LogP contribution in [0, 0.1) is 5.82 Å². The molecule has 0 aliphatic heterocycles. The summed E-state index contributed by atoms with van der Waals surface area (Å²) in [6.07, 6.45) is 4.53. The number of rotatable bonds is 4. The molecule has 8 heteroatoms. The molecule has 6 nitrogen and oxygen atoms in total. The van der Waals surface area contributed by atoms with E-state index in [2.05, 4.69) is 26.8 Å². The number of aliphatic hydroxyl groups excluding tert-OH is 1. The molecule has 33 heavy (non-hydrogen) atoms. The molecule has 0 amide bonds. The summed E-state index contributed by atoms with van der Waals surface area (Å²) in [6, 6.07) is 16.4. The standard InChI is InChI=1S/C25H18AsFN4O2/c26-24-23-22(30-25(15-12-16(32)13-15)31(23)11-10-28-24)18-8-6-14-7-9-19(29-21(14)20(18)27)33-17-4-2-1-3-5-17/h1-11,15-16,32H,12-13H2. The van der Waals surface area contributed by atoms with Gasteiger partial charge in [0.1, 0.15) is 0 Å². The summed E-state index contributed by atoms with van der Waals surface area (Å²) in [5.74, 6) is 1.43. The molecule has 0 spiro atoms. The average Bonchev–Trinajstić information content (AvgIpc) is 3.18. The molecule has 162 valence electrons. The fourth-order valence-electron chi connectivity index (χ4n) is 4.31. The van der Waals surface area contributed by atoms with Gasteiger partial charge in [-0.3, -0.25) is 0 Å². The fraction of sp³-hybridized carbons (Fsp3) is 0.160. The number of hydrogen-bond donors (Lipinski definition) is 1. The molecule has 0 saturated heterocycles. The SMILES string of the molecule is OC1CC(c2nc(-c3ccc4ccc(Oc5ccccc5)nc4c3F)c3c([As])nccn23)C1. The molecular formula is C25H18AsFN4O2. The molecule has 2 radical (unpaired) electrons. The summed E-state index contributed by atoms with van der Waals surface area (Å²) in [4.78, 5) is 13.7. The van der Waals surface area contributed by atoms with Crippen LogP contribution < -0.4 is 9.22 Å². The number of fused-ring (bicyclic) bond motifs is 2. The van der Waals surface area contributed by atoms with Crippen LogP contribution in [-0.2, 0) is 0 Å². The van der Waals surface area contributed by atoms with Crippen LogP contribution in [0.3, 0.4) is 0 Å². The summed E-state index contributed by atoms with van der Waals surface area (Å²) in [7, 11) is 0. The zero-order chi connectivity index (χ0) is 22.5. The maximum absolute atomic E-state index is 15.9. The number of aliphatic hydroxyl groups is 1. The predicted octanol–water partition coefficient (Wildman–Crippen LogP) is 3.91. The van der Waals surface area contributed by atoms with Gasteiger partial charge in [0, 0.05) is 0 Å². The van der Waals surface area contributed by atoms with Crippen LogP contribution >= 0.6 is 0 Å². The van der Waals surface area contributed by atoms with E-state index < -0.39 is 5.82 Å². The van der Waals surface area contributed by atoms with Gasteiger partial charge in [0.25, 0.3) is 0 Å². The fourth-order valence-corrected chi connectivity index (χ4v) is 4.89. The molecule has 0 bridgehead atoms. The average molecular weight is 500 g/mol. The van der Waals surface area contributed by atoms with Gasteiger partial charge in [-0.25, -0.2) is 0 Å². The van der Waals surface area contributed by atoms with Crippen molar-refractivity contribution in [1.82, 2.24) is 19.4 Å². The summed E-state index contributed by atoms with van der Waals surface area (Å²) in [6.45, 7) is 0. The van der Waals surface area contributed by atoms with Gasteiger partial charge in [-0.2, -0.15) is 0 Å². The minimum absolute atomic E-state index is 0.128. The number of benzene rings is 2. The maximum atomic E-state index is 15.9. The Labute approximate surface area is 197 Å². The van der Waals surface area contributed by atoms with Crippen molar-refractivity contribution in [3.05, 3.63) is 78.6 Å². The molecule has 1 fully saturated rings. The molecule has 5 aromatic rings. The molecule has 6 rings (SSSR count).